The summed E-state index contributed by atoms with van der Waals surface area (Å²) >= 11 is 0. The molecular weight excluding hydrogens is 252 g/mol. The average molecular weight is 267 g/mol. The topological polar surface area (TPSA) is 38.3 Å². The summed E-state index contributed by atoms with van der Waals surface area (Å²) in [7, 11) is 0. The van der Waals surface area contributed by atoms with Gasteiger partial charge in [0.15, 0.2) is 11.6 Å². The first kappa shape index (κ1) is 12.5. The number of ether oxygens (including phenoxy) is 1. The quantitative estimate of drug-likeness (QED) is 0.909. The van der Waals surface area contributed by atoms with E-state index in [2.05, 4.69) is 5.32 Å². The van der Waals surface area contributed by atoms with Crippen LogP contribution in [0.2, 0.25) is 0 Å². The first-order valence-electron chi connectivity index (χ1n) is 6.48. The Balaban J connectivity index is 1.60. The summed E-state index contributed by atoms with van der Waals surface area (Å²) in [4.78, 5) is 12.0. The maximum atomic E-state index is 13.1. The molecule has 0 spiro atoms. The van der Waals surface area contributed by atoms with Gasteiger partial charge in [0.2, 0.25) is 5.91 Å². The first-order valence-corrected chi connectivity index (χ1v) is 6.48. The SMILES string of the molecule is O=C(N[C@@H]1CCOC1)[C@@H]1C[C@@H]1c1ccc(F)c(F)c1. The van der Waals surface area contributed by atoms with E-state index in [-0.39, 0.29) is 23.8 Å². The third kappa shape index (κ3) is 2.61. The fraction of sp³-hybridized carbons (Fsp3) is 0.500. The summed E-state index contributed by atoms with van der Waals surface area (Å²) in [5.74, 6) is -1.82. The van der Waals surface area contributed by atoms with E-state index in [0.717, 1.165) is 12.5 Å². The van der Waals surface area contributed by atoms with Gasteiger partial charge in [-0.25, -0.2) is 8.78 Å². The first-order chi connectivity index (χ1) is 9.15. The second kappa shape index (κ2) is 4.89. The van der Waals surface area contributed by atoms with Crippen molar-refractivity contribution in [3.63, 3.8) is 0 Å². The average Bonchev–Trinajstić information content (AvgIpc) is 3.04. The van der Waals surface area contributed by atoms with Crippen LogP contribution in [0.4, 0.5) is 8.78 Å². The van der Waals surface area contributed by atoms with Crippen LogP contribution in [0.5, 0.6) is 0 Å². The number of rotatable bonds is 3. The van der Waals surface area contributed by atoms with Crippen molar-refractivity contribution in [2.75, 3.05) is 13.2 Å². The number of carbonyl (C=O) groups is 1. The van der Waals surface area contributed by atoms with Crippen molar-refractivity contribution in [2.45, 2.75) is 24.8 Å². The Kier molecular flexibility index (Phi) is 3.22. The van der Waals surface area contributed by atoms with Crippen LogP contribution < -0.4 is 5.32 Å². The molecule has 1 N–H and O–H groups in total. The molecule has 3 atom stereocenters. The van der Waals surface area contributed by atoms with Crippen molar-refractivity contribution in [2.24, 2.45) is 5.92 Å². The van der Waals surface area contributed by atoms with Gasteiger partial charge in [-0.3, -0.25) is 4.79 Å². The Labute approximate surface area is 109 Å². The monoisotopic (exact) mass is 267 g/mol. The zero-order valence-electron chi connectivity index (χ0n) is 10.4. The van der Waals surface area contributed by atoms with Crippen molar-refractivity contribution < 1.29 is 18.3 Å². The molecule has 1 heterocycles. The van der Waals surface area contributed by atoms with Gasteiger partial charge in [-0.1, -0.05) is 6.07 Å². The summed E-state index contributed by atoms with van der Waals surface area (Å²) in [5, 5.41) is 2.93. The molecular formula is C14H15F2NO2. The van der Waals surface area contributed by atoms with Gasteiger partial charge in [0.1, 0.15) is 0 Å². The molecule has 1 saturated heterocycles. The van der Waals surface area contributed by atoms with Crippen molar-refractivity contribution in [3.8, 4) is 0 Å². The van der Waals surface area contributed by atoms with Gasteiger partial charge >= 0.3 is 0 Å². The summed E-state index contributed by atoms with van der Waals surface area (Å²) in [6, 6.07) is 3.95. The normalized spacial score (nSPS) is 29.3. The number of amides is 1. The van der Waals surface area contributed by atoms with Crippen molar-refractivity contribution in [3.05, 3.63) is 35.4 Å². The molecule has 1 saturated carbocycles. The Morgan fingerprint density at radius 2 is 2.16 bits per heavy atom. The predicted octanol–water partition coefficient (Wildman–Crippen LogP) is 1.97. The summed E-state index contributed by atoms with van der Waals surface area (Å²) in [6.07, 6.45) is 1.54. The second-order valence-corrected chi connectivity index (χ2v) is 5.19. The Hall–Kier alpha value is -1.49. The molecule has 3 rings (SSSR count). The molecule has 102 valence electrons. The molecule has 2 aliphatic rings. The lowest BCUT2D eigenvalue weighted by Crippen LogP contribution is -2.36. The number of hydrogen-bond acceptors (Lipinski definition) is 2. The van der Waals surface area contributed by atoms with Gasteiger partial charge in [0.25, 0.3) is 0 Å². The number of benzene rings is 1. The Bertz CT molecular complexity index is 500. The Morgan fingerprint density at radius 3 is 2.84 bits per heavy atom. The zero-order chi connectivity index (χ0) is 13.4. The lowest BCUT2D eigenvalue weighted by atomic mass is 10.1. The van der Waals surface area contributed by atoms with E-state index in [4.69, 9.17) is 4.74 Å². The molecule has 1 aliphatic heterocycles. The Morgan fingerprint density at radius 1 is 1.32 bits per heavy atom. The second-order valence-electron chi connectivity index (χ2n) is 5.19. The van der Waals surface area contributed by atoms with Crippen LogP contribution in [0.1, 0.15) is 24.3 Å². The molecule has 3 nitrogen and oxygen atoms in total. The highest BCUT2D eigenvalue weighted by Gasteiger charge is 2.44. The highest BCUT2D eigenvalue weighted by molar-refractivity contribution is 5.83. The third-order valence-electron chi connectivity index (χ3n) is 3.78. The molecule has 1 aliphatic carbocycles. The molecule has 0 radical (unpaired) electrons. The maximum absolute atomic E-state index is 13.1. The van der Waals surface area contributed by atoms with E-state index in [9.17, 15) is 13.6 Å². The van der Waals surface area contributed by atoms with Gasteiger partial charge < -0.3 is 10.1 Å². The number of halogens is 2. The van der Waals surface area contributed by atoms with Crippen molar-refractivity contribution in [1.82, 2.24) is 5.32 Å². The third-order valence-corrected chi connectivity index (χ3v) is 3.78. The lowest BCUT2D eigenvalue weighted by Gasteiger charge is -2.10. The molecule has 1 amide bonds. The minimum atomic E-state index is -0.854. The fourth-order valence-electron chi connectivity index (χ4n) is 2.55. The molecule has 1 aromatic rings. The van der Waals surface area contributed by atoms with Crippen LogP contribution in [-0.2, 0) is 9.53 Å². The molecule has 2 fully saturated rings. The van der Waals surface area contributed by atoms with Crippen LogP contribution in [0, 0.1) is 17.6 Å². The molecule has 1 aromatic carbocycles. The van der Waals surface area contributed by atoms with Gasteiger partial charge in [-0.2, -0.15) is 0 Å². The predicted molar refractivity (Wildman–Crippen MR) is 64.6 cm³/mol. The van der Waals surface area contributed by atoms with Gasteiger partial charge in [-0.15, -0.1) is 0 Å². The summed E-state index contributed by atoms with van der Waals surface area (Å²) in [6.45, 7) is 1.25. The fourth-order valence-corrected chi connectivity index (χ4v) is 2.55. The molecule has 0 aromatic heterocycles. The highest BCUT2D eigenvalue weighted by atomic mass is 19.2. The van der Waals surface area contributed by atoms with E-state index >= 15 is 0 Å². The van der Waals surface area contributed by atoms with Crippen LogP contribution in [0.15, 0.2) is 18.2 Å². The van der Waals surface area contributed by atoms with Crippen molar-refractivity contribution >= 4 is 5.91 Å². The van der Waals surface area contributed by atoms with Crippen LogP contribution in [-0.4, -0.2) is 25.2 Å². The lowest BCUT2D eigenvalue weighted by molar-refractivity contribution is -0.123. The summed E-state index contributed by atoms with van der Waals surface area (Å²) < 4.78 is 31.2. The van der Waals surface area contributed by atoms with Gasteiger partial charge in [0, 0.05) is 12.5 Å². The van der Waals surface area contributed by atoms with E-state index in [1.54, 1.807) is 6.07 Å². The largest absolute Gasteiger partial charge is 0.379 e. The van der Waals surface area contributed by atoms with E-state index in [1.807, 2.05) is 0 Å². The van der Waals surface area contributed by atoms with Crippen LogP contribution >= 0.6 is 0 Å². The minimum absolute atomic E-state index is 0.00904. The summed E-state index contributed by atoms with van der Waals surface area (Å²) in [5.41, 5.74) is 0.696. The smallest absolute Gasteiger partial charge is 0.224 e. The maximum Gasteiger partial charge on any atom is 0.224 e. The molecule has 0 bridgehead atoms. The highest BCUT2D eigenvalue weighted by Crippen LogP contribution is 2.47. The molecule has 0 unspecified atom stereocenters. The molecule has 5 heteroatoms. The number of carbonyl (C=O) groups excluding carboxylic acids is 1. The minimum Gasteiger partial charge on any atom is -0.379 e. The number of nitrogens with one attached hydrogen (secondary N) is 1. The van der Waals surface area contributed by atoms with E-state index < -0.39 is 11.6 Å². The zero-order valence-corrected chi connectivity index (χ0v) is 10.4. The standard InChI is InChI=1S/C14H15F2NO2/c15-12-2-1-8(5-13(12)16)10-6-11(10)14(18)17-9-3-4-19-7-9/h1-2,5,9-11H,3-4,6-7H2,(H,17,18)/t9-,10-,11-/m1/s1. The van der Waals surface area contributed by atoms with Crippen LogP contribution in [0.25, 0.3) is 0 Å². The molecule has 19 heavy (non-hydrogen) atoms. The van der Waals surface area contributed by atoms with Crippen LogP contribution in [0.3, 0.4) is 0 Å². The van der Waals surface area contributed by atoms with Crippen molar-refractivity contribution in [1.29, 1.82) is 0 Å². The van der Waals surface area contributed by atoms with Gasteiger partial charge in [-0.05, 0) is 36.5 Å². The van der Waals surface area contributed by atoms with E-state index in [1.165, 1.54) is 6.07 Å². The van der Waals surface area contributed by atoms with E-state index in [0.29, 0.717) is 25.2 Å². The number of hydrogen-bond donors (Lipinski definition) is 1. The van der Waals surface area contributed by atoms with Gasteiger partial charge in [0.05, 0.1) is 12.6 Å².